The lowest BCUT2D eigenvalue weighted by Crippen LogP contribution is -2.21. The number of aromatic nitrogens is 1. The van der Waals surface area contributed by atoms with Gasteiger partial charge in [-0.05, 0) is 54.8 Å². The molecule has 0 bridgehead atoms. The molecule has 0 spiro atoms. The number of carbonyl (C=O) groups is 2. The molecule has 152 valence electrons. The van der Waals surface area contributed by atoms with E-state index in [1.165, 1.54) is 41.0 Å². The average Bonchev–Trinajstić information content (AvgIpc) is 2.93. The number of phenols is 1. The number of nitrogens with zero attached hydrogens (tertiary/aromatic N) is 1. The van der Waals surface area contributed by atoms with Gasteiger partial charge in [-0.1, -0.05) is 31.9 Å². The summed E-state index contributed by atoms with van der Waals surface area (Å²) in [6.07, 6.45) is 0.620. The summed E-state index contributed by atoms with van der Waals surface area (Å²) in [5, 5.41) is 20.5. The van der Waals surface area contributed by atoms with E-state index in [0.29, 0.717) is 28.6 Å². The van der Waals surface area contributed by atoms with Crippen molar-refractivity contribution in [1.82, 2.24) is 4.57 Å². The first-order valence-electron chi connectivity index (χ1n) is 9.23. The molecule has 3 rings (SSSR count). The Balaban J connectivity index is 2.35. The Morgan fingerprint density at radius 3 is 2.38 bits per heavy atom. The third-order valence-corrected chi connectivity index (χ3v) is 5.71. The van der Waals surface area contributed by atoms with E-state index in [4.69, 9.17) is 11.6 Å². The van der Waals surface area contributed by atoms with Gasteiger partial charge in [-0.15, -0.1) is 0 Å². The summed E-state index contributed by atoms with van der Waals surface area (Å²) in [4.78, 5) is 25.3. The van der Waals surface area contributed by atoms with Crippen LogP contribution in [0.1, 0.15) is 47.8 Å². The summed E-state index contributed by atoms with van der Waals surface area (Å²) < 4.78 is 14.7. The van der Waals surface area contributed by atoms with E-state index < -0.39 is 23.6 Å². The molecule has 1 unspecified atom stereocenters. The van der Waals surface area contributed by atoms with E-state index in [1.807, 2.05) is 13.8 Å². The van der Waals surface area contributed by atoms with Crippen LogP contribution >= 0.6 is 11.6 Å². The van der Waals surface area contributed by atoms with Crippen molar-refractivity contribution in [2.45, 2.75) is 33.1 Å². The van der Waals surface area contributed by atoms with Gasteiger partial charge in [0, 0.05) is 16.6 Å². The van der Waals surface area contributed by atoms with Gasteiger partial charge in [0.25, 0.3) is 5.91 Å². The van der Waals surface area contributed by atoms with Crippen LogP contribution in [0.3, 0.4) is 0 Å². The summed E-state index contributed by atoms with van der Waals surface area (Å²) in [7, 11) is 0. The zero-order chi connectivity index (χ0) is 21.5. The van der Waals surface area contributed by atoms with Gasteiger partial charge >= 0.3 is 5.97 Å². The number of carboxylic acids is 1. The van der Waals surface area contributed by atoms with Crippen LogP contribution in [0.2, 0.25) is 5.02 Å². The number of carboxylic acid groups (broad SMARTS) is 1. The molecule has 0 fully saturated rings. The van der Waals surface area contributed by atoms with Gasteiger partial charge in [0.2, 0.25) is 0 Å². The molecule has 7 heteroatoms. The predicted molar refractivity (Wildman–Crippen MR) is 109 cm³/mol. The largest absolute Gasteiger partial charge is 0.506 e. The summed E-state index contributed by atoms with van der Waals surface area (Å²) in [5.41, 5.74) is 1.55. The summed E-state index contributed by atoms with van der Waals surface area (Å²) >= 11 is 6.08. The Bertz CT molecular complexity index is 1100. The van der Waals surface area contributed by atoms with E-state index in [9.17, 15) is 24.2 Å². The van der Waals surface area contributed by atoms with Gasteiger partial charge < -0.3 is 10.2 Å². The minimum Gasteiger partial charge on any atom is -0.506 e. The van der Waals surface area contributed by atoms with Crippen molar-refractivity contribution in [1.29, 1.82) is 0 Å². The molecular weight excluding hydrogens is 397 g/mol. The van der Waals surface area contributed by atoms with E-state index in [0.717, 1.165) is 0 Å². The maximum atomic E-state index is 13.3. The third kappa shape index (κ3) is 3.60. The van der Waals surface area contributed by atoms with E-state index in [-0.39, 0.29) is 22.3 Å². The van der Waals surface area contributed by atoms with Crippen molar-refractivity contribution in [2.24, 2.45) is 5.92 Å². The van der Waals surface area contributed by atoms with Crippen LogP contribution in [-0.2, 0) is 4.79 Å². The second-order valence-electron chi connectivity index (χ2n) is 7.17. The molecule has 5 nitrogen and oxygen atoms in total. The second-order valence-corrected chi connectivity index (χ2v) is 7.58. The van der Waals surface area contributed by atoms with Crippen LogP contribution in [0.15, 0.2) is 36.4 Å². The number of fused-ring (bicyclic) bond motifs is 1. The first-order valence-corrected chi connectivity index (χ1v) is 9.61. The number of benzene rings is 2. The van der Waals surface area contributed by atoms with Crippen LogP contribution in [-0.4, -0.2) is 26.7 Å². The van der Waals surface area contributed by atoms with Gasteiger partial charge in [0.1, 0.15) is 11.6 Å². The van der Waals surface area contributed by atoms with Crippen molar-refractivity contribution >= 4 is 34.4 Å². The standard InChI is InChI=1S/C22H21ClFNO4/c1-4-11(2)19(22(28)29)20-12(3)25(17-10-16(23)18(26)9-15(17)20)21(27)13-5-7-14(24)8-6-13/h5-11,19,26H,4H2,1-3H3,(H,28,29)/t11?,19-/m1/s1. The van der Waals surface area contributed by atoms with E-state index in [2.05, 4.69) is 0 Å². The highest BCUT2D eigenvalue weighted by atomic mass is 35.5. The number of halogens is 2. The van der Waals surface area contributed by atoms with Gasteiger partial charge in [-0.3, -0.25) is 14.2 Å². The lowest BCUT2D eigenvalue weighted by atomic mass is 9.84. The molecule has 3 aromatic rings. The van der Waals surface area contributed by atoms with Gasteiger partial charge in [-0.25, -0.2) is 4.39 Å². The zero-order valence-electron chi connectivity index (χ0n) is 16.2. The van der Waals surface area contributed by atoms with Crippen LogP contribution in [0.5, 0.6) is 5.75 Å². The normalized spacial score (nSPS) is 13.4. The fourth-order valence-electron chi connectivity index (χ4n) is 3.71. The molecular formula is C22H21ClFNO4. The monoisotopic (exact) mass is 417 g/mol. The van der Waals surface area contributed by atoms with Crippen molar-refractivity contribution in [2.75, 3.05) is 0 Å². The molecule has 29 heavy (non-hydrogen) atoms. The van der Waals surface area contributed by atoms with Crippen molar-refractivity contribution in [3.8, 4) is 5.75 Å². The van der Waals surface area contributed by atoms with Crippen LogP contribution in [0, 0.1) is 18.7 Å². The molecule has 0 aliphatic heterocycles. The average molecular weight is 418 g/mol. The Kier molecular flexibility index (Phi) is 5.66. The smallest absolute Gasteiger partial charge is 0.311 e. The lowest BCUT2D eigenvalue weighted by Gasteiger charge is -2.20. The van der Waals surface area contributed by atoms with Gasteiger partial charge in [0.15, 0.2) is 0 Å². The number of hydrogen-bond acceptors (Lipinski definition) is 3. The molecule has 2 aromatic carbocycles. The summed E-state index contributed by atoms with van der Waals surface area (Å²) in [5.74, 6) is -3.18. The highest BCUT2D eigenvalue weighted by Crippen LogP contribution is 2.40. The number of phenolic OH excluding ortho intramolecular Hbond substituents is 1. The highest BCUT2D eigenvalue weighted by molar-refractivity contribution is 6.33. The second kappa shape index (κ2) is 7.87. The topological polar surface area (TPSA) is 79.5 Å². The van der Waals surface area contributed by atoms with Crippen LogP contribution < -0.4 is 0 Å². The van der Waals surface area contributed by atoms with Crippen LogP contribution in [0.4, 0.5) is 4.39 Å². The van der Waals surface area contributed by atoms with Gasteiger partial charge in [0.05, 0.1) is 16.5 Å². The lowest BCUT2D eigenvalue weighted by molar-refractivity contribution is -0.140. The zero-order valence-corrected chi connectivity index (χ0v) is 17.0. The Labute approximate surface area is 172 Å². The number of rotatable bonds is 5. The Hall–Kier alpha value is -2.86. The number of aromatic hydroxyl groups is 1. The maximum absolute atomic E-state index is 13.3. The van der Waals surface area contributed by atoms with Crippen molar-refractivity contribution in [3.63, 3.8) is 0 Å². The number of carbonyl (C=O) groups excluding carboxylic acids is 1. The van der Waals surface area contributed by atoms with Crippen molar-refractivity contribution in [3.05, 3.63) is 64.1 Å². The molecule has 1 aromatic heterocycles. The summed E-state index contributed by atoms with van der Waals surface area (Å²) in [6.45, 7) is 5.39. The predicted octanol–water partition coefficient (Wildman–Crippen LogP) is 5.35. The molecule has 0 saturated carbocycles. The maximum Gasteiger partial charge on any atom is 0.311 e. The van der Waals surface area contributed by atoms with Gasteiger partial charge in [-0.2, -0.15) is 0 Å². The van der Waals surface area contributed by atoms with Crippen LogP contribution in [0.25, 0.3) is 10.9 Å². The minimum atomic E-state index is -1.01. The van der Waals surface area contributed by atoms with Crippen molar-refractivity contribution < 1.29 is 24.2 Å². The fraction of sp³-hybridized carbons (Fsp3) is 0.273. The molecule has 0 aliphatic carbocycles. The molecule has 0 amide bonds. The Morgan fingerprint density at radius 1 is 1.21 bits per heavy atom. The van der Waals surface area contributed by atoms with E-state index >= 15 is 0 Å². The minimum absolute atomic E-state index is 0.0464. The van der Waals surface area contributed by atoms with E-state index in [1.54, 1.807) is 6.92 Å². The quantitative estimate of drug-likeness (QED) is 0.586. The molecule has 2 N–H and O–H groups in total. The molecule has 1 heterocycles. The number of aliphatic carboxylic acids is 1. The highest BCUT2D eigenvalue weighted by Gasteiger charge is 2.33. The Morgan fingerprint density at radius 2 is 1.83 bits per heavy atom. The summed E-state index contributed by atoms with van der Waals surface area (Å²) in [6, 6.07) is 7.95. The third-order valence-electron chi connectivity index (χ3n) is 5.41. The first-order chi connectivity index (χ1) is 13.7. The molecule has 2 atom stereocenters. The molecule has 0 aliphatic rings. The SMILES string of the molecule is CCC(C)[C@@H](C(=O)O)c1c(C)n(C(=O)c2ccc(F)cc2)c2cc(Cl)c(O)cc12. The molecule has 0 saturated heterocycles. The first kappa shape index (κ1) is 20.9. The number of hydrogen-bond donors (Lipinski definition) is 2. The molecule has 0 radical (unpaired) electrons. The fourth-order valence-corrected chi connectivity index (χ4v) is 3.87.